The van der Waals surface area contributed by atoms with Gasteiger partial charge in [-0.2, -0.15) is 0 Å². The average Bonchev–Trinajstić information content (AvgIpc) is 2.78. The Morgan fingerprint density at radius 3 is 2.48 bits per heavy atom. The molecule has 0 amide bonds. The number of piperidine rings is 1. The molecule has 0 aromatic heterocycles. The number of carbonyl (C=O) groups excluding carboxylic acids is 2. The van der Waals surface area contributed by atoms with Crippen LogP contribution in [0.1, 0.15) is 83.3 Å². The molecule has 1 saturated heterocycles. The van der Waals surface area contributed by atoms with Gasteiger partial charge >= 0.3 is 11.9 Å². The summed E-state index contributed by atoms with van der Waals surface area (Å²) in [5, 5.41) is 0. The second-order valence-corrected chi connectivity index (χ2v) is 10.8. The zero-order valence-electron chi connectivity index (χ0n) is 20.9. The Morgan fingerprint density at radius 2 is 1.82 bits per heavy atom. The van der Waals surface area contributed by atoms with Crippen LogP contribution in [0, 0.1) is 5.92 Å². The summed E-state index contributed by atoms with van der Waals surface area (Å²) in [7, 11) is 2.15. The van der Waals surface area contributed by atoms with Crippen LogP contribution in [0.25, 0.3) is 6.08 Å². The van der Waals surface area contributed by atoms with Gasteiger partial charge in [0.15, 0.2) is 0 Å². The summed E-state index contributed by atoms with van der Waals surface area (Å²) in [4.78, 5) is 27.8. The molecule has 0 N–H and O–H groups in total. The number of likely N-dealkylation sites (tertiary alicyclic amines) is 1. The van der Waals surface area contributed by atoms with Gasteiger partial charge in [0.05, 0.1) is 18.4 Å². The lowest BCUT2D eigenvalue weighted by atomic mass is 9.69. The Hall–Kier alpha value is -2.14. The molecule has 0 bridgehead atoms. The van der Waals surface area contributed by atoms with Gasteiger partial charge in [0.1, 0.15) is 5.60 Å². The zero-order chi connectivity index (χ0) is 23.9. The molecule has 1 aliphatic heterocycles. The van der Waals surface area contributed by atoms with Crippen LogP contribution >= 0.6 is 0 Å². The van der Waals surface area contributed by atoms with Crippen LogP contribution in [-0.2, 0) is 24.5 Å². The Bertz CT molecular complexity index is 825. The predicted octanol–water partition coefficient (Wildman–Crippen LogP) is 5.52. The first kappa shape index (κ1) is 25.5. The maximum atomic E-state index is 13.5. The topological polar surface area (TPSA) is 55.8 Å². The number of hydrogen-bond acceptors (Lipinski definition) is 5. The number of carbonyl (C=O) groups is 2. The lowest BCUT2D eigenvalue weighted by Gasteiger charge is -2.36. The molecule has 3 rings (SSSR count). The average molecular weight is 456 g/mol. The number of benzene rings is 1. The van der Waals surface area contributed by atoms with E-state index in [-0.39, 0.29) is 18.4 Å². The highest BCUT2D eigenvalue weighted by Gasteiger charge is 2.43. The van der Waals surface area contributed by atoms with Crippen molar-refractivity contribution in [2.45, 2.75) is 83.2 Å². The monoisotopic (exact) mass is 455 g/mol. The van der Waals surface area contributed by atoms with E-state index in [0.717, 1.165) is 62.7 Å². The molecule has 33 heavy (non-hydrogen) atoms. The van der Waals surface area contributed by atoms with Crippen molar-refractivity contribution in [1.82, 2.24) is 4.90 Å². The van der Waals surface area contributed by atoms with Gasteiger partial charge in [-0.25, -0.2) is 0 Å². The molecule has 2 fully saturated rings. The van der Waals surface area contributed by atoms with Crippen molar-refractivity contribution in [3.05, 3.63) is 41.5 Å². The SMILES string of the molecule is CN1CCC(COC(=O)C2(c3cccc(/C=C/CC(=O)OC(C)(C)C)c3)CCCCC2)CC1. The lowest BCUT2D eigenvalue weighted by molar-refractivity contribution is -0.154. The summed E-state index contributed by atoms with van der Waals surface area (Å²) < 4.78 is 11.3. The highest BCUT2D eigenvalue weighted by atomic mass is 16.6. The number of esters is 2. The highest BCUT2D eigenvalue weighted by Crippen LogP contribution is 2.41. The maximum absolute atomic E-state index is 13.5. The molecule has 1 aliphatic carbocycles. The number of rotatable bonds is 7. The van der Waals surface area contributed by atoms with E-state index in [1.165, 1.54) is 6.42 Å². The van der Waals surface area contributed by atoms with E-state index in [1.807, 2.05) is 45.1 Å². The molecule has 1 aromatic carbocycles. The number of ether oxygens (including phenoxy) is 2. The van der Waals surface area contributed by atoms with Crippen LogP contribution in [0.3, 0.4) is 0 Å². The van der Waals surface area contributed by atoms with Gasteiger partial charge in [0.2, 0.25) is 0 Å². The van der Waals surface area contributed by atoms with Gasteiger partial charge < -0.3 is 14.4 Å². The van der Waals surface area contributed by atoms with E-state index < -0.39 is 11.0 Å². The lowest BCUT2D eigenvalue weighted by Crippen LogP contribution is -2.41. The molecule has 182 valence electrons. The predicted molar refractivity (Wildman–Crippen MR) is 132 cm³/mol. The Morgan fingerprint density at radius 1 is 1.12 bits per heavy atom. The molecular weight excluding hydrogens is 414 g/mol. The fraction of sp³-hybridized carbons (Fsp3) is 0.643. The standard InChI is InChI=1S/C28H41NO4/c1-27(2,3)33-25(30)13-9-11-22-10-8-12-24(20-22)28(16-6-5-7-17-28)26(31)32-21-23-14-18-29(4)19-15-23/h8-12,20,23H,5-7,13-19,21H2,1-4H3/b11-9+. The first-order chi connectivity index (χ1) is 15.7. The van der Waals surface area contributed by atoms with E-state index in [1.54, 1.807) is 0 Å². The summed E-state index contributed by atoms with van der Waals surface area (Å²) in [5.74, 6) is 0.167. The molecule has 5 nitrogen and oxygen atoms in total. The highest BCUT2D eigenvalue weighted by molar-refractivity contribution is 5.84. The minimum atomic E-state index is -0.557. The second-order valence-electron chi connectivity index (χ2n) is 10.8. The quantitative estimate of drug-likeness (QED) is 0.507. The molecular formula is C28H41NO4. The van der Waals surface area contributed by atoms with Gasteiger partial charge in [-0.15, -0.1) is 0 Å². The summed E-state index contributed by atoms with van der Waals surface area (Å²) in [6, 6.07) is 8.17. The van der Waals surface area contributed by atoms with Gasteiger partial charge in [0.25, 0.3) is 0 Å². The molecule has 1 aromatic rings. The summed E-state index contributed by atoms with van der Waals surface area (Å²) >= 11 is 0. The molecule has 1 saturated carbocycles. The molecule has 2 aliphatic rings. The molecule has 0 atom stereocenters. The molecule has 0 unspecified atom stereocenters. The Labute approximate surface area is 199 Å². The minimum Gasteiger partial charge on any atom is -0.465 e. The second kappa shape index (κ2) is 11.3. The van der Waals surface area contributed by atoms with Crippen molar-refractivity contribution >= 4 is 18.0 Å². The van der Waals surface area contributed by atoms with Gasteiger partial charge in [-0.1, -0.05) is 55.7 Å². The van der Waals surface area contributed by atoms with E-state index in [9.17, 15) is 9.59 Å². The van der Waals surface area contributed by atoms with Crippen LogP contribution in [-0.4, -0.2) is 49.2 Å². The third-order valence-corrected chi connectivity index (χ3v) is 6.84. The summed E-state index contributed by atoms with van der Waals surface area (Å²) in [5.41, 5.74) is 0.990. The van der Waals surface area contributed by atoms with Crippen molar-refractivity contribution < 1.29 is 19.1 Å². The fourth-order valence-electron chi connectivity index (χ4n) is 4.94. The van der Waals surface area contributed by atoms with Crippen LogP contribution < -0.4 is 0 Å². The van der Waals surface area contributed by atoms with E-state index in [0.29, 0.717) is 12.5 Å². The van der Waals surface area contributed by atoms with Gasteiger partial charge in [-0.05, 0) is 83.6 Å². The smallest absolute Gasteiger partial charge is 0.316 e. The van der Waals surface area contributed by atoms with Gasteiger partial charge in [-0.3, -0.25) is 9.59 Å². The summed E-state index contributed by atoms with van der Waals surface area (Å²) in [6.07, 6.45) is 11.1. The largest absolute Gasteiger partial charge is 0.465 e. The normalized spacial score (nSPS) is 20.0. The van der Waals surface area contributed by atoms with Crippen LogP contribution in [0.2, 0.25) is 0 Å². The van der Waals surface area contributed by atoms with Crippen LogP contribution in [0.5, 0.6) is 0 Å². The first-order valence-corrected chi connectivity index (χ1v) is 12.5. The van der Waals surface area contributed by atoms with Crippen molar-refractivity contribution in [2.75, 3.05) is 26.7 Å². The Kier molecular flexibility index (Phi) is 8.75. The van der Waals surface area contributed by atoms with Gasteiger partial charge in [0, 0.05) is 0 Å². The zero-order valence-corrected chi connectivity index (χ0v) is 20.9. The van der Waals surface area contributed by atoms with Crippen LogP contribution in [0.15, 0.2) is 30.3 Å². The molecule has 5 heteroatoms. The van der Waals surface area contributed by atoms with Crippen molar-refractivity contribution in [1.29, 1.82) is 0 Å². The molecule has 0 radical (unpaired) electrons. The fourth-order valence-corrected chi connectivity index (χ4v) is 4.94. The number of hydrogen-bond donors (Lipinski definition) is 0. The first-order valence-electron chi connectivity index (χ1n) is 12.5. The van der Waals surface area contributed by atoms with Crippen molar-refractivity contribution in [3.8, 4) is 0 Å². The van der Waals surface area contributed by atoms with Crippen LogP contribution in [0.4, 0.5) is 0 Å². The summed E-state index contributed by atoms with van der Waals surface area (Å²) in [6.45, 7) is 8.29. The molecule has 1 heterocycles. The van der Waals surface area contributed by atoms with E-state index in [2.05, 4.69) is 24.1 Å². The van der Waals surface area contributed by atoms with Crippen molar-refractivity contribution in [2.24, 2.45) is 5.92 Å². The maximum Gasteiger partial charge on any atom is 0.316 e. The van der Waals surface area contributed by atoms with E-state index >= 15 is 0 Å². The Balaban J connectivity index is 1.68. The van der Waals surface area contributed by atoms with E-state index in [4.69, 9.17) is 9.47 Å². The number of nitrogens with zero attached hydrogens (tertiary/aromatic N) is 1. The third-order valence-electron chi connectivity index (χ3n) is 6.84. The van der Waals surface area contributed by atoms with Crippen molar-refractivity contribution in [3.63, 3.8) is 0 Å². The minimum absolute atomic E-state index is 0.0592. The molecule has 0 spiro atoms. The third kappa shape index (κ3) is 7.43.